The molecule has 1 saturated heterocycles. The number of carbonyl (C=O) groups excluding carboxylic acids is 2. The van der Waals surface area contributed by atoms with Gasteiger partial charge in [-0.25, -0.2) is 0 Å². The van der Waals surface area contributed by atoms with Gasteiger partial charge in [-0.1, -0.05) is 30.3 Å². The van der Waals surface area contributed by atoms with Gasteiger partial charge in [0.1, 0.15) is 0 Å². The van der Waals surface area contributed by atoms with Gasteiger partial charge in [-0.3, -0.25) is 9.59 Å². The molecule has 132 valence electrons. The van der Waals surface area contributed by atoms with Crippen LogP contribution in [0.3, 0.4) is 0 Å². The normalized spacial score (nSPS) is 16.3. The van der Waals surface area contributed by atoms with Gasteiger partial charge in [-0.15, -0.1) is 0 Å². The number of aryl methyl sites for hydroxylation is 1. The molecule has 1 aromatic carbocycles. The summed E-state index contributed by atoms with van der Waals surface area (Å²) in [6, 6.07) is 12.4. The summed E-state index contributed by atoms with van der Waals surface area (Å²) in [5.41, 5.74) is 3.99. The minimum Gasteiger partial charge on any atom is -0.354 e. The standard InChI is InChI=1S/C20H25N3O2/c1-14-13-18(20(25)22-11-9-19(24)21-10-12-22)16(3)23(14)15(2)17-7-5-4-6-8-17/h4-8,13,15H,9-12H2,1-3H3,(H,21,24). The Bertz CT molecular complexity index is 780. The Morgan fingerprint density at radius 3 is 2.60 bits per heavy atom. The van der Waals surface area contributed by atoms with Crippen LogP contribution >= 0.6 is 0 Å². The lowest BCUT2D eigenvalue weighted by atomic mass is 10.1. The third-order valence-electron chi connectivity index (χ3n) is 4.98. The second kappa shape index (κ2) is 7.13. The SMILES string of the molecule is Cc1cc(C(=O)N2CCNC(=O)CC2)c(C)n1C(C)c1ccccc1. The lowest BCUT2D eigenvalue weighted by Gasteiger charge is -2.21. The van der Waals surface area contributed by atoms with Gasteiger partial charge in [-0.2, -0.15) is 0 Å². The predicted molar refractivity (Wildman–Crippen MR) is 97.7 cm³/mol. The number of nitrogens with zero attached hydrogens (tertiary/aromatic N) is 2. The molecule has 2 aromatic rings. The van der Waals surface area contributed by atoms with Crippen LogP contribution in [0.1, 0.15) is 46.7 Å². The second-order valence-electron chi connectivity index (χ2n) is 6.63. The van der Waals surface area contributed by atoms with Gasteiger partial charge < -0.3 is 14.8 Å². The zero-order valence-corrected chi connectivity index (χ0v) is 15.1. The van der Waals surface area contributed by atoms with Crippen molar-refractivity contribution in [2.75, 3.05) is 19.6 Å². The van der Waals surface area contributed by atoms with Crippen LogP contribution < -0.4 is 5.32 Å². The molecule has 2 heterocycles. The van der Waals surface area contributed by atoms with E-state index < -0.39 is 0 Å². The molecule has 1 N–H and O–H groups in total. The fourth-order valence-corrected chi connectivity index (χ4v) is 3.61. The summed E-state index contributed by atoms with van der Waals surface area (Å²) in [6.45, 7) is 7.74. The van der Waals surface area contributed by atoms with E-state index in [1.807, 2.05) is 38.1 Å². The highest BCUT2D eigenvalue weighted by Gasteiger charge is 2.25. The molecule has 1 fully saturated rings. The summed E-state index contributed by atoms with van der Waals surface area (Å²) in [7, 11) is 0. The van der Waals surface area contributed by atoms with Gasteiger partial charge in [0, 0.05) is 37.4 Å². The van der Waals surface area contributed by atoms with E-state index in [1.54, 1.807) is 4.90 Å². The quantitative estimate of drug-likeness (QED) is 0.935. The minimum atomic E-state index is 0.0103. The van der Waals surface area contributed by atoms with E-state index in [1.165, 1.54) is 5.56 Å². The lowest BCUT2D eigenvalue weighted by Crippen LogP contribution is -2.34. The maximum atomic E-state index is 13.0. The van der Waals surface area contributed by atoms with Crippen LogP contribution in [0, 0.1) is 13.8 Å². The Labute approximate surface area is 148 Å². The van der Waals surface area contributed by atoms with Crippen LogP contribution in [-0.2, 0) is 4.79 Å². The number of hydrogen-bond acceptors (Lipinski definition) is 2. The van der Waals surface area contributed by atoms with Crippen molar-refractivity contribution in [2.24, 2.45) is 0 Å². The summed E-state index contributed by atoms with van der Waals surface area (Å²) in [5, 5.41) is 2.81. The monoisotopic (exact) mass is 339 g/mol. The van der Waals surface area contributed by atoms with E-state index in [4.69, 9.17) is 0 Å². The molecule has 5 nitrogen and oxygen atoms in total. The van der Waals surface area contributed by atoms with Gasteiger partial charge in [0.15, 0.2) is 0 Å². The van der Waals surface area contributed by atoms with E-state index in [9.17, 15) is 9.59 Å². The molecular formula is C20H25N3O2. The van der Waals surface area contributed by atoms with Crippen molar-refractivity contribution in [3.63, 3.8) is 0 Å². The van der Waals surface area contributed by atoms with Crippen LogP contribution in [0.5, 0.6) is 0 Å². The molecule has 0 saturated carbocycles. The first kappa shape index (κ1) is 17.3. The van der Waals surface area contributed by atoms with Crippen LogP contribution in [0.25, 0.3) is 0 Å². The van der Waals surface area contributed by atoms with Crippen LogP contribution in [0.15, 0.2) is 36.4 Å². The smallest absolute Gasteiger partial charge is 0.255 e. The number of benzene rings is 1. The predicted octanol–water partition coefficient (Wildman–Crippen LogP) is 2.68. The van der Waals surface area contributed by atoms with Crippen LogP contribution in [-0.4, -0.2) is 40.9 Å². The van der Waals surface area contributed by atoms with Crippen molar-refractivity contribution >= 4 is 11.8 Å². The van der Waals surface area contributed by atoms with Gasteiger partial charge in [-0.05, 0) is 32.4 Å². The Balaban J connectivity index is 1.89. The molecule has 0 bridgehead atoms. The summed E-state index contributed by atoms with van der Waals surface area (Å²) in [6.07, 6.45) is 0.366. The zero-order chi connectivity index (χ0) is 18.0. The van der Waals surface area contributed by atoms with E-state index in [-0.39, 0.29) is 17.9 Å². The number of hydrogen-bond donors (Lipinski definition) is 1. The number of nitrogens with one attached hydrogen (secondary N) is 1. The Morgan fingerprint density at radius 1 is 1.16 bits per heavy atom. The average Bonchev–Trinajstić information content (AvgIpc) is 2.77. The molecule has 1 aromatic heterocycles. The highest BCUT2D eigenvalue weighted by molar-refractivity contribution is 5.96. The van der Waals surface area contributed by atoms with E-state index in [2.05, 4.69) is 28.9 Å². The molecule has 0 aliphatic carbocycles. The third-order valence-corrected chi connectivity index (χ3v) is 4.98. The highest BCUT2D eigenvalue weighted by atomic mass is 16.2. The molecule has 0 radical (unpaired) electrons. The Kier molecular flexibility index (Phi) is 4.93. The van der Waals surface area contributed by atoms with Crippen molar-refractivity contribution < 1.29 is 9.59 Å². The van der Waals surface area contributed by atoms with Gasteiger partial charge in [0.05, 0.1) is 11.6 Å². The molecule has 0 spiro atoms. The van der Waals surface area contributed by atoms with Crippen molar-refractivity contribution in [2.45, 2.75) is 33.2 Å². The average molecular weight is 339 g/mol. The third kappa shape index (κ3) is 3.45. The Morgan fingerprint density at radius 2 is 1.88 bits per heavy atom. The van der Waals surface area contributed by atoms with Crippen molar-refractivity contribution in [1.29, 1.82) is 0 Å². The van der Waals surface area contributed by atoms with Crippen molar-refractivity contribution in [3.05, 3.63) is 58.9 Å². The van der Waals surface area contributed by atoms with Crippen LogP contribution in [0.2, 0.25) is 0 Å². The zero-order valence-electron chi connectivity index (χ0n) is 15.1. The van der Waals surface area contributed by atoms with Crippen molar-refractivity contribution in [3.8, 4) is 0 Å². The maximum absolute atomic E-state index is 13.0. The molecular weight excluding hydrogens is 314 g/mol. The van der Waals surface area contributed by atoms with Gasteiger partial charge in [0.25, 0.3) is 5.91 Å². The summed E-state index contributed by atoms with van der Waals surface area (Å²) >= 11 is 0. The molecule has 5 heteroatoms. The molecule has 2 amide bonds. The van der Waals surface area contributed by atoms with Crippen LogP contribution in [0.4, 0.5) is 0 Å². The second-order valence-corrected chi connectivity index (χ2v) is 6.63. The van der Waals surface area contributed by atoms with E-state index in [0.29, 0.717) is 26.1 Å². The van der Waals surface area contributed by atoms with E-state index in [0.717, 1.165) is 17.0 Å². The number of rotatable bonds is 3. The number of amides is 2. The molecule has 3 rings (SSSR count). The minimum absolute atomic E-state index is 0.0103. The summed E-state index contributed by atoms with van der Waals surface area (Å²) < 4.78 is 2.21. The maximum Gasteiger partial charge on any atom is 0.255 e. The first-order valence-electron chi connectivity index (χ1n) is 8.78. The van der Waals surface area contributed by atoms with Gasteiger partial charge >= 0.3 is 0 Å². The number of aromatic nitrogens is 1. The number of carbonyl (C=O) groups is 2. The summed E-state index contributed by atoms with van der Waals surface area (Å²) in [4.78, 5) is 26.3. The topological polar surface area (TPSA) is 54.3 Å². The molecule has 1 aliphatic heterocycles. The summed E-state index contributed by atoms with van der Waals surface area (Å²) in [5.74, 6) is 0.0228. The fraction of sp³-hybridized carbons (Fsp3) is 0.400. The molecule has 25 heavy (non-hydrogen) atoms. The molecule has 1 atom stereocenters. The van der Waals surface area contributed by atoms with Gasteiger partial charge in [0.2, 0.25) is 5.91 Å². The Hall–Kier alpha value is -2.56. The fourth-order valence-electron chi connectivity index (χ4n) is 3.61. The molecule has 1 aliphatic rings. The highest BCUT2D eigenvalue weighted by Crippen LogP contribution is 2.26. The molecule has 1 unspecified atom stereocenters. The first-order valence-corrected chi connectivity index (χ1v) is 8.78. The largest absolute Gasteiger partial charge is 0.354 e. The first-order chi connectivity index (χ1) is 12.0. The van der Waals surface area contributed by atoms with Crippen molar-refractivity contribution in [1.82, 2.24) is 14.8 Å². The lowest BCUT2D eigenvalue weighted by molar-refractivity contribution is -0.120. The van der Waals surface area contributed by atoms with E-state index >= 15 is 0 Å².